The molecule has 1 aromatic rings. The number of amides is 1. The quantitative estimate of drug-likeness (QED) is 0.835. The highest BCUT2D eigenvalue weighted by molar-refractivity contribution is 8.13. The fourth-order valence-corrected chi connectivity index (χ4v) is 2.93. The van der Waals surface area contributed by atoms with Crippen LogP contribution in [-0.4, -0.2) is 20.4 Å². The molecule has 0 saturated carbocycles. The largest absolute Gasteiger partial charge is 0.349 e. The molecule has 0 spiro atoms. The summed E-state index contributed by atoms with van der Waals surface area (Å²) in [5, 5.41) is 2.48. The van der Waals surface area contributed by atoms with Gasteiger partial charge in [0.1, 0.15) is 4.90 Å². The number of benzene rings is 1. The molecule has 1 amide bonds. The highest BCUT2D eigenvalue weighted by Crippen LogP contribution is 2.26. The number of carbonyl (C=O) groups is 1. The van der Waals surface area contributed by atoms with Crippen molar-refractivity contribution in [2.24, 2.45) is 0 Å². The molecule has 4 nitrogen and oxygen atoms in total. The third-order valence-corrected chi connectivity index (χ3v) is 4.15. The first-order valence-corrected chi connectivity index (χ1v) is 8.60. The van der Waals surface area contributed by atoms with Crippen LogP contribution in [0.4, 0.5) is 4.39 Å². The molecule has 1 rings (SSSR count). The van der Waals surface area contributed by atoms with Gasteiger partial charge >= 0.3 is 0 Å². The third kappa shape index (κ3) is 4.33. The topological polar surface area (TPSA) is 63.2 Å². The van der Waals surface area contributed by atoms with Crippen LogP contribution in [0.2, 0.25) is 5.02 Å². The van der Waals surface area contributed by atoms with E-state index < -0.39 is 31.2 Å². The standard InChI is InChI=1S/C12H14Cl2FNO3S/c1-3-4-7(2)16-12(17)9-5-8(13)6-10(11(9)15)20(14,18)19/h5-7H,3-4H2,1-2H3,(H,16,17). The lowest BCUT2D eigenvalue weighted by atomic mass is 10.1. The van der Waals surface area contributed by atoms with E-state index in [4.69, 9.17) is 22.3 Å². The fraction of sp³-hybridized carbons (Fsp3) is 0.417. The molecule has 0 fully saturated rings. The van der Waals surface area contributed by atoms with Crippen molar-refractivity contribution in [2.75, 3.05) is 0 Å². The average molecular weight is 342 g/mol. The molecule has 8 heteroatoms. The zero-order valence-corrected chi connectivity index (χ0v) is 13.2. The number of rotatable bonds is 5. The average Bonchev–Trinajstić information content (AvgIpc) is 2.30. The Hall–Kier alpha value is -0.850. The molecule has 0 aromatic heterocycles. The van der Waals surface area contributed by atoms with Crippen LogP contribution in [-0.2, 0) is 9.05 Å². The van der Waals surface area contributed by atoms with Crippen molar-refractivity contribution in [3.63, 3.8) is 0 Å². The summed E-state index contributed by atoms with van der Waals surface area (Å²) in [5.74, 6) is -1.93. The molecule has 1 N–H and O–H groups in total. The van der Waals surface area contributed by atoms with Gasteiger partial charge in [-0.2, -0.15) is 0 Å². The monoisotopic (exact) mass is 341 g/mol. The fourth-order valence-electron chi connectivity index (χ4n) is 1.71. The first-order valence-electron chi connectivity index (χ1n) is 5.91. The summed E-state index contributed by atoms with van der Waals surface area (Å²) >= 11 is 5.70. The number of hydrogen-bond donors (Lipinski definition) is 1. The van der Waals surface area contributed by atoms with Crippen LogP contribution in [0.1, 0.15) is 37.0 Å². The van der Waals surface area contributed by atoms with Gasteiger partial charge in [0.15, 0.2) is 5.82 Å². The number of halogens is 3. The summed E-state index contributed by atoms with van der Waals surface area (Å²) in [4.78, 5) is 11.1. The SMILES string of the molecule is CCCC(C)NC(=O)c1cc(Cl)cc(S(=O)(=O)Cl)c1F. The molecule has 0 aliphatic heterocycles. The van der Waals surface area contributed by atoms with Gasteiger partial charge in [-0.1, -0.05) is 24.9 Å². The minimum Gasteiger partial charge on any atom is -0.349 e. The van der Waals surface area contributed by atoms with Crippen molar-refractivity contribution >= 4 is 37.2 Å². The van der Waals surface area contributed by atoms with E-state index in [0.717, 1.165) is 18.6 Å². The second kappa shape index (κ2) is 6.74. The molecular weight excluding hydrogens is 328 g/mol. The molecule has 112 valence electrons. The maximum atomic E-state index is 14.1. The molecule has 0 bridgehead atoms. The van der Waals surface area contributed by atoms with Crippen molar-refractivity contribution in [2.45, 2.75) is 37.6 Å². The molecule has 0 saturated heterocycles. The van der Waals surface area contributed by atoms with Crippen LogP contribution >= 0.6 is 22.3 Å². The summed E-state index contributed by atoms with van der Waals surface area (Å²) in [6.45, 7) is 3.71. The minimum absolute atomic E-state index is 0.0843. The van der Waals surface area contributed by atoms with Crippen LogP contribution in [0, 0.1) is 5.82 Å². The summed E-state index contributed by atoms with van der Waals surface area (Å²) in [7, 11) is 0.792. The Bertz CT molecular complexity index is 619. The molecule has 1 aromatic carbocycles. The van der Waals surface area contributed by atoms with Crippen LogP contribution in [0.5, 0.6) is 0 Å². The van der Waals surface area contributed by atoms with E-state index in [0.29, 0.717) is 6.42 Å². The number of nitrogens with one attached hydrogen (secondary N) is 1. The molecule has 0 radical (unpaired) electrons. The van der Waals surface area contributed by atoms with Gasteiger partial charge in [-0.3, -0.25) is 4.79 Å². The van der Waals surface area contributed by atoms with Crippen molar-refractivity contribution in [1.29, 1.82) is 0 Å². The van der Waals surface area contributed by atoms with Crippen molar-refractivity contribution in [3.05, 3.63) is 28.5 Å². The second-order valence-electron chi connectivity index (χ2n) is 4.37. The predicted molar refractivity (Wildman–Crippen MR) is 76.3 cm³/mol. The molecule has 1 unspecified atom stereocenters. The van der Waals surface area contributed by atoms with Crippen molar-refractivity contribution < 1.29 is 17.6 Å². The van der Waals surface area contributed by atoms with E-state index in [9.17, 15) is 17.6 Å². The molecule has 0 heterocycles. The maximum Gasteiger partial charge on any atom is 0.264 e. The number of hydrogen-bond acceptors (Lipinski definition) is 3. The van der Waals surface area contributed by atoms with E-state index in [-0.39, 0.29) is 11.1 Å². The van der Waals surface area contributed by atoms with Gasteiger partial charge in [0.25, 0.3) is 15.0 Å². The Morgan fingerprint density at radius 1 is 1.45 bits per heavy atom. The normalized spacial score (nSPS) is 13.1. The molecule has 20 heavy (non-hydrogen) atoms. The summed E-state index contributed by atoms with van der Waals surface area (Å²) in [5.41, 5.74) is -0.445. The predicted octanol–water partition coefficient (Wildman–Crippen LogP) is 3.33. The lowest BCUT2D eigenvalue weighted by molar-refractivity contribution is 0.0933. The lowest BCUT2D eigenvalue weighted by Crippen LogP contribution is -2.33. The number of carbonyl (C=O) groups excluding carboxylic acids is 1. The highest BCUT2D eigenvalue weighted by atomic mass is 35.7. The smallest absolute Gasteiger partial charge is 0.264 e. The molecular formula is C12H14Cl2FNO3S. The lowest BCUT2D eigenvalue weighted by Gasteiger charge is -2.14. The first kappa shape index (κ1) is 17.2. The van der Waals surface area contributed by atoms with Crippen LogP contribution < -0.4 is 5.32 Å². The van der Waals surface area contributed by atoms with Gasteiger partial charge in [-0.05, 0) is 25.5 Å². The van der Waals surface area contributed by atoms with E-state index >= 15 is 0 Å². The van der Waals surface area contributed by atoms with Gasteiger partial charge in [0.2, 0.25) is 0 Å². The Morgan fingerprint density at radius 2 is 2.05 bits per heavy atom. The summed E-state index contributed by atoms with van der Waals surface area (Å²) in [6.07, 6.45) is 1.56. The van der Waals surface area contributed by atoms with Gasteiger partial charge in [0, 0.05) is 21.7 Å². The maximum absolute atomic E-state index is 14.1. The van der Waals surface area contributed by atoms with Gasteiger partial charge in [0.05, 0.1) is 5.56 Å². The van der Waals surface area contributed by atoms with Crippen LogP contribution in [0.3, 0.4) is 0 Å². The Labute approximate surface area is 126 Å². The molecule has 0 aliphatic carbocycles. The second-order valence-corrected chi connectivity index (χ2v) is 7.34. The van der Waals surface area contributed by atoms with Crippen LogP contribution in [0.15, 0.2) is 17.0 Å². The Kier molecular flexibility index (Phi) is 5.79. The van der Waals surface area contributed by atoms with Gasteiger partial charge in [-0.15, -0.1) is 0 Å². The minimum atomic E-state index is -4.32. The van der Waals surface area contributed by atoms with E-state index in [1.165, 1.54) is 0 Å². The summed E-state index contributed by atoms with van der Waals surface area (Å²) < 4.78 is 36.5. The van der Waals surface area contributed by atoms with E-state index in [1.54, 1.807) is 6.92 Å². The Balaban J connectivity index is 3.19. The highest BCUT2D eigenvalue weighted by Gasteiger charge is 2.24. The molecule has 1 atom stereocenters. The first-order chi connectivity index (χ1) is 9.16. The van der Waals surface area contributed by atoms with Crippen molar-refractivity contribution in [3.8, 4) is 0 Å². The zero-order chi connectivity index (χ0) is 15.5. The van der Waals surface area contributed by atoms with Crippen LogP contribution in [0.25, 0.3) is 0 Å². The summed E-state index contributed by atoms with van der Waals surface area (Å²) in [6, 6.07) is 1.77. The zero-order valence-electron chi connectivity index (χ0n) is 10.9. The Morgan fingerprint density at radius 3 is 2.55 bits per heavy atom. The van der Waals surface area contributed by atoms with E-state index in [1.807, 2.05) is 6.92 Å². The van der Waals surface area contributed by atoms with Gasteiger partial charge < -0.3 is 5.32 Å². The third-order valence-electron chi connectivity index (χ3n) is 2.61. The van der Waals surface area contributed by atoms with E-state index in [2.05, 4.69) is 5.32 Å². The van der Waals surface area contributed by atoms with Gasteiger partial charge in [-0.25, -0.2) is 12.8 Å². The molecule has 0 aliphatic rings. The van der Waals surface area contributed by atoms with Crippen molar-refractivity contribution in [1.82, 2.24) is 5.32 Å².